The van der Waals surface area contributed by atoms with Crippen LogP contribution in [0, 0.1) is 6.92 Å². The number of hydrogen-bond donors (Lipinski definition) is 1. The standard InChI is InChI=1S/C17H16N4OS/c1-11-8-13(14-6-7-20-17(18)21-14)3-2-12(11)4-5-15(22)16-9-19-10-23-16/h2-3,6-10H,4-5H2,1H3,(H2,18,20,21). The van der Waals surface area contributed by atoms with Crippen LogP contribution in [0.4, 0.5) is 5.95 Å². The molecule has 0 atom stereocenters. The van der Waals surface area contributed by atoms with E-state index in [9.17, 15) is 4.79 Å². The Labute approximate surface area is 138 Å². The molecule has 0 saturated carbocycles. The third kappa shape index (κ3) is 3.60. The molecule has 0 aliphatic rings. The lowest BCUT2D eigenvalue weighted by molar-refractivity contribution is 0.0986. The van der Waals surface area contributed by atoms with Crippen molar-refractivity contribution in [2.45, 2.75) is 19.8 Å². The zero-order chi connectivity index (χ0) is 16.2. The summed E-state index contributed by atoms with van der Waals surface area (Å²) < 4.78 is 0. The van der Waals surface area contributed by atoms with Gasteiger partial charge in [-0.3, -0.25) is 9.78 Å². The van der Waals surface area contributed by atoms with E-state index in [0.717, 1.165) is 33.7 Å². The molecule has 0 aliphatic heterocycles. The number of nitrogens with two attached hydrogens (primary N) is 1. The topological polar surface area (TPSA) is 81.8 Å². The number of aromatic nitrogens is 3. The van der Waals surface area contributed by atoms with Gasteiger partial charge in [0, 0.05) is 24.4 Å². The molecule has 116 valence electrons. The van der Waals surface area contributed by atoms with Gasteiger partial charge in [0.1, 0.15) is 0 Å². The summed E-state index contributed by atoms with van der Waals surface area (Å²) >= 11 is 1.38. The van der Waals surface area contributed by atoms with E-state index in [4.69, 9.17) is 5.73 Å². The van der Waals surface area contributed by atoms with E-state index in [-0.39, 0.29) is 11.7 Å². The third-order valence-electron chi connectivity index (χ3n) is 3.64. The van der Waals surface area contributed by atoms with Gasteiger partial charge in [0.15, 0.2) is 5.78 Å². The molecule has 3 rings (SSSR count). The molecule has 23 heavy (non-hydrogen) atoms. The first-order chi connectivity index (χ1) is 11.1. The Morgan fingerprint density at radius 3 is 2.87 bits per heavy atom. The Morgan fingerprint density at radius 1 is 1.30 bits per heavy atom. The van der Waals surface area contributed by atoms with Crippen LogP contribution in [-0.4, -0.2) is 20.7 Å². The second-order valence-electron chi connectivity index (χ2n) is 5.23. The second-order valence-corrected chi connectivity index (χ2v) is 6.12. The van der Waals surface area contributed by atoms with Gasteiger partial charge in [-0.1, -0.05) is 12.1 Å². The summed E-state index contributed by atoms with van der Waals surface area (Å²) in [4.78, 5) is 24.9. The Hall–Kier alpha value is -2.60. The first-order valence-corrected chi connectivity index (χ1v) is 8.11. The van der Waals surface area contributed by atoms with Crippen molar-refractivity contribution >= 4 is 23.1 Å². The molecule has 5 nitrogen and oxygen atoms in total. The Kier molecular flexibility index (Phi) is 4.43. The number of ketones is 1. The summed E-state index contributed by atoms with van der Waals surface area (Å²) in [6.45, 7) is 2.04. The quantitative estimate of drug-likeness (QED) is 0.728. The van der Waals surface area contributed by atoms with Crippen LogP contribution >= 0.6 is 11.3 Å². The summed E-state index contributed by atoms with van der Waals surface area (Å²) in [7, 11) is 0. The van der Waals surface area contributed by atoms with Crippen LogP contribution in [-0.2, 0) is 6.42 Å². The molecule has 0 spiro atoms. The number of hydrogen-bond acceptors (Lipinski definition) is 6. The zero-order valence-electron chi connectivity index (χ0n) is 12.7. The molecule has 0 fully saturated rings. The van der Waals surface area contributed by atoms with E-state index >= 15 is 0 Å². The van der Waals surface area contributed by atoms with E-state index in [1.807, 2.05) is 25.1 Å². The van der Waals surface area contributed by atoms with Crippen LogP contribution in [0.3, 0.4) is 0 Å². The molecule has 6 heteroatoms. The van der Waals surface area contributed by atoms with Crippen molar-refractivity contribution in [1.82, 2.24) is 15.0 Å². The van der Waals surface area contributed by atoms with Crippen LogP contribution in [0.15, 0.2) is 42.2 Å². The number of nitrogen functional groups attached to an aromatic ring is 1. The van der Waals surface area contributed by atoms with Gasteiger partial charge in [-0.25, -0.2) is 9.97 Å². The molecule has 0 aliphatic carbocycles. The smallest absolute Gasteiger partial charge is 0.220 e. The van der Waals surface area contributed by atoms with Gasteiger partial charge in [-0.05, 0) is 36.6 Å². The van der Waals surface area contributed by atoms with Gasteiger partial charge in [0.25, 0.3) is 0 Å². The fourth-order valence-electron chi connectivity index (χ4n) is 2.40. The van der Waals surface area contributed by atoms with E-state index < -0.39 is 0 Å². The van der Waals surface area contributed by atoms with Crippen molar-refractivity contribution in [3.8, 4) is 11.3 Å². The van der Waals surface area contributed by atoms with Crippen LogP contribution < -0.4 is 5.73 Å². The molecule has 0 bridgehead atoms. The van der Waals surface area contributed by atoms with Crippen molar-refractivity contribution in [2.24, 2.45) is 0 Å². The van der Waals surface area contributed by atoms with E-state index in [0.29, 0.717) is 6.42 Å². The predicted octanol–water partition coefficient (Wildman–Crippen LogP) is 3.31. The summed E-state index contributed by atoms with van der Waals surface area (Å²) in [6, 6.07) is 7.94. The van der Waals surface area contributed by atoms with Crippen molar-refractivity contribution in [3.05, 3.63) is 58.2 Å². The first kappa shape index (κ1) is 15.3. The van der Waals surface area contributed by atoms with E-state index in [1.54, 1.807) is 17.9 Å². The maximum atomic E-state index is 12.1. The number of benzene rings is 1. The van der Waals surface area contributed by atoms with Gasteiger partial charge in [0.2, 0.25) is 5.95 Å². The lowest BCUT2D eigenvalue weighted by atomic mass is 9.98. The summed E-state index contributed by atoms with van der Waals surface area (Å²) in [5.74, 6) is 0.402. The fraction of sp³-hybridized carbons (Fsp3) is 0.176. The van der Waals surface area contributed by atoms with E-state index in [2.05, 4.69) is 21.0 Å². The highest BCUT2D eigenvalue weighted by Gasteiger charge is 2.10. The lowest BCUT2D eigenvalue weighted by Gasteiger charge is -2.08. The second kappa shape index (κ2) is 6.66. The maximum absolute atomic E-state index is 12.1. The number of anilines is 1. The monoisotopic (exact) mass is 324 g/mol. The molecule has 2 N–H and O–H groups in total. The SMILES string of the molecule is Cc1cc(-c2ccnc(N)n2)ccc1CCC(=O)c1cncs1. The number of rotatable bonds is 5. The van der Waals surface area contributed by atoms with Crippen molar-refractivity contribution in [2.75, 3.05) is 5.73 Å². The number of thiazole rings is 1. The van der Waals surface area contributed by atoms with Crippen LogP contribution in [0.2, 0.25) is 0 Å². The first-order valence-electron chi connectivity index (χ1n) is 7.23. The van der Waals surface area contributed by atoms with Gasteiger partial charge in [-0.15, -0.1) is 11.3 Å². The molecule has 0 amide bonds. The molecule has 2 aromatic heterocycles. The third-order valence-corrected chi connectivity index (χ3v) is 4.46. The van der Waals surface area contributed by atoms with Gasteiger partial charge in [-0.2, -0.15) is 0 Å². The molecule has 3 aromatic rings. The molecule has 2 heterocycles. The number of Topliss-reactive ketones (excluding diaryl/α,β-unsaturated/α-hetero) is 1. The number of carbonyl (C=O) groups is 1. The van der Waals surface area contributed by atoms with Crippen molar-refractivity contribution < 1.29 is 4.79 Å². The normalized spacial score (nSPS) is 10.7. The Balaban J connectivity index is 1.73. The number of aryl methyl sites for hydroxylation is 2. The average molecular weight is 324 g/mol. The van der Waals surface area contributed by atoms with Gasteiger partial charge < -0.3 is 5.73 Å². The van der Waals surface area contributed by atoms with E-state index in [1.165, 1.54) is 11.3 Å². The molecule has 0 unspecified atom stereocenters. The van der Waals surface area contributed by atoms with Gasteiger partial charge in [0.05, 0.1) is 16.1 Å². The average Bonchev–Trinajstić information content (AvgIpc) is 3.08. The zero-order valence-corrected chi connectivity index (χ0v) is 13.5. The molecule has 1 aromatic carbocycles. The highest BCUT2D eigenvalue weighted by atomic mass is 32.1. The predicted molar refractivity (Wildman–Crippen MR) is 91.4 cm³/mol. The van der Waals surface area contributed by atoms with Crippen LogP contribution in [0.25, 0.3) is 11.3 Å². The summed E-state index contributed by atoms with van der Waals surface area (Å²) in [6.07, 6.45) is 4.48. The molecule has 0 saturated heterocycles. The van der Waals surface area contributed by atoms with Crippen LogP contribution in [0.1, 0.15) is 27.2 Å². The number of carbonyl (C=O) groups excluding carboxylic acids is 1. The lowest BCUT2D eigenvalue weighted by Crippen LogP contribution is -2.00. The Morgan fingerprint density at radius 2 is 2.17 bits per heavy atom. The molecular formula is C17H16N4OS. The minimum Gasteiger partial charge on any atom is -0.368 e. The minimum absolute atomic E-state index is 0.138. The summed E-state index contributed by atoms with van der Waals surface area (Å²) in [5, 5.41) is 0. The highest BCUT2D eigenvalue weighted by molar-refractivity contribution is 7.11. The van der Waals surface area contributed by atoms with Crippen molar-refractivity contribution in [3.63, 3.8) is 0 Å². The number of nitrogens with zero attached hydrogens (tertiary/aromatic N) is 3. The highest BCUT2D eigenvalue weighted by Crippen LogP contribution is 2.22. The molecular weight excluding hydrogens is 308 g/mol. The van der Waals surface area contributed by atoms with Crippen LogP contribution in [0.5, 0.6) is 0 Å². The minimum atomic E-state index is 0.138. The fourth-order valence-corrected chi connectivity index (χ4v) is 2.99. The largest absolute Gasteiger partial charge is 0.368 e. The Bertz CT molecular complexity index is 830. The summed E-state index contributed by atoms with van der Waals surface area (Å²) in [5.41, 5.74) is 11.4. The molecule has 0 radical (unpaired) electrons. The van der Waals surface area contributed by atoms with Crippen molar-refractivity contribution in [1.29, 1.82) is 0 Å². The maximum Gasteiger partial charge on any atom is 0.220 e. The van der Waals surface area contributed by atoms with Gasteiger partial charge >= 0.3 is 0 Å².